The Labute approximate surface area is 136 Å². The highest BCUT2D eigenvalue weighted by atomic mass is 32.1. The third-order valence-electron chi connectivity index (χ3n) is 3.41. The van der Waals surface area contributed by atoms with Gasteiger partial charge in [0.1, 0.15) is 10.8 Å². The maximum absolute atomic E-state index is 10.9. The summed E-state index contributed by atoms with van der Waals surface area (Å²) in [5, 5.41) is 21.7. The van der Waals surface area contributed by atoms with E-state index >= 15 is 0 Å². The van der Waals surface area contributed by atoms with Crippen LogP contribution >= 0.6 is 11.3 Å². The van der Waals surface area contributed by atoms with E-state index in [1.165, 1.54) is 16.3 Å². The second-order valence-electron chi connectivity index (χ2n) is 5.14. The van der Waals surface area contributed by atoms with Crippen LogP contribution in [0.3, 0.4) is 0 Å². The summed E-state index contributed by atoms with van der Waals surface area (Å²) in [4.78, 5) is 15.4. The number of hydrazine groups is 1. The van der Waals surface area contributed by atoms with E-state index < -0.39 is 6.03 Å². The predicted octanol–water partition coefficient (Wildman–Crippen LogP) is 2.26. The van der Waals surface area contributed by atoms with Crippen molar-refractivity contribution in [1.82, 2.24) is 15.4 Å². The highest BCUT2D eigenvalue weighted by Gasteiger charge is 2.31. The Morgan fingerprint density at radius 3 is 2.78 bits per heavy atom. The van der Waals surface area contributed by atoms with Gasteiger partial charge in [0.2, 0.25) is 0 Å². The number of nitrogens with one attached hydrogen (secondary N) is 2. The number of urea groups is 1. The van der Waals surface area contributed by atoms with E-state index in [4.69, 9.17) is 11.1 Å². The summed E-state index contributed by atoms with van der Waals surface area (Å²) >= 11 is 1.33. The predicted molar refractivity (Wildman–Crippen MR) is 89.0 cm³/mol. The van der Waals surface area contributed by atoms with Crippen molar-refractivity contribution in [2.75, 3.05) is 6.54 Å². The van der Waals surface area contributed by atoms with Crippen LogP contribution in [0.4, 0.5) is 4.79 Å². The lowest BCUT2D eigenvalue weighted by Gasteiger charge is -2.17. The van der Waals surface area contributed by atoms with Crippen molar-refractivity contribution in [1.29, 1.82) is 5.41 Å². The van der Waals surface area contributed by atoms with Gasteiger partial charge in [0.25, 0.3) is 0 Å². The number of rotatable bonds is 3. The number of thiazole rings is 1. The van der Waals surface area contributed by atoms with E-state index in [1.807, 2.05) is 36.6 Å². The second kappa shape index (κ2) is 5.73. The Morgan fingerprint density at radius 1 is 1.43 bits per heavy atom. The number of carbonyl (C=O) groups is 1. The molecule has 0 bridgehead atoms. The van der Waals surface area contributed by atoms with Crippen molar-refractivity contribution in [2.24, 2.45) is 5.73 Å². The molecular formula is C15H15N5O2S. The van der Waals surface area contributed by atoms with E-state index in [0.29, 0.717) is 10.6 Å². The van der Waals surface area contributed by atoms with Crippen LogP contribution in [0.15, 0.2) is 35.4 Å². The lowest BCUT2D eigenvalue weighted by Crippen LogP contribution is -2.46. The molecule has 1 aliphatic rings. The van der Waals surface area contributed by atoms with Gasteiger partial charge in [0, 0.05) is 10.9 Å². The van der Waals surface area contributed by atoms with E-state index in [1.54, 1.807) is 0 Å². The molecule has 0 saturated carbocycles. The third-order valence-corrected chi connectivity index (χ3v) is 4.27. The molecule has 2 heterocycles. The first kappa shape index (κ1) is 15.0. The second-order valence-corrected chi connectivity index (χ2v) is 5.99. The number of benzene rings is 1. The Balaban J connectivity index is 1.88. The normalized spacial score (nSPS) is 14.5. The van der Waals surface area contributed by atoms with Gasteiger partial charge < -0.3 is 10.8 Å². The zero-order valence-corrected chi connectivity index (χ0v) is 13.1. The largest absolute Gasteiger partial charge is 0.509 e. The van der Waals surface area contributed by atoms with Crippen molar-refractivity contribution < 1.29 is 9.90 Å². The number of nitrogens with two attached hydrogens (primary N) is 1. The summed E-state index contributed by atoms with van der Waals surface area (Å²) in [5.74, 6) is -0.0559. The minimum Gasteiger partial charge on any atom is -0.509 e. The Morgan fingerprint density at radius 2 is 2.13 bits per heavy atom. The molecule has 1 aromatic carbocycles. The number of primary amides is 1. The fourth-order valence-corrected chi connectivity index (χ4v) is 3.17. The van der Waals surface area contributed by atoms with Crippen LogP contribution < -0.4 is 11.2 Å². The van der Waals surface area contributed by atoms with Crippen molar-refractivity contribution in [3.05, 3.63) is 46.0 Å². The number of hydrogen-bond acceptors (Lipinski definition) is 5. The lowest BCUT2D eigenvalue weighted by molar-refractivity contribution is 0.225. The molecule has 0 aliphatic carbocycles. The van der Waals surface area contributed by atoms with Gasteiger partial charge in [0.05, 0.1) is 17.8 Å². The maximum Gasteiger partial charge on any atom is 0.331 e. The topological polar surface area (TPSA) is 115 Å². The summed E-state index contributed by atoms with van der Waals surface area (Å²) in [6.45, 7) is 2.01. The number of amidine groups is 1. The molecule has 118 valence electrons. The summed E-state index contributed by atoms with van der Waals surface area (Å²) in [5.41, 5.74) is 10.6. The molecule has 8 heteroatoms. The first-order chi connectivity index (χ1) is 11.0. The van der Waals surface area contributed by atoms with Crippen LogP contribution in [-0.4, -0.2) is 33.5 Å². The molecule has 0 atom stereocenters. The Bertz CT molecular complexity index is 810. The number of carbonyl (C=O) groups excluding carboxylic acids is 1. The quantitative estimate of drug-likeness (QED) is 0.691. The fourth-order valence-electron chi connectivity index (χ4n) is 2.28. The van der Waals surface area contributed by atoms with E-state index in [2.05, 4.69) is 10.4 Å². The summed E-state index contributed by atoms with van der Waals surface area (Å²) in [6.07, 6.45) is 0. The lowest BCUT2D eigenvalue weighted by atomic mass is 10.1. The minimum atomic E-state index is -0.789. The number of aliphatic hydroxyl groups excluding tert-OH is 1. The number of aromatic nitrogens is 1. The Hall–Kier alpha value is -2.87. The minimum absolute atomic E-state index is 0.00342. The molecular weight excluding hydrogens is 314 g/mol. The van der Waals surface area contributed by atoms with Gasteiger partial charge >= 0.3 is 6.03 Å². The zero-order valence-electron chi connectivity index (χ0n) is 12.3. The van der Waals surface area contributed by atoms with E-state index in [-0.39, 0.29) is 18.1 Å². The molecule has 7 nitrogen and oxygen atoms in total. The molecule has 2 aromatic rings. The number of nitrogens with zero attached hydrogens (tertiary/aromatic N) is 2. The maximum atomic E-state index is 10.9. The third kappa shape index (κ3) is 2.88. The summed E-state index contributed by atoms with van der Waals surface area (Å²) < 4.78 is 0. The number of hydrogen-bond donors (Lipinski definition) is 4. The van der Waals surface area contributed by atoms with Gasteiger partial charge in [-0.3, -0.25) is 10.4 Å². The monoisotopic (exact) mass is 329 g/mol. The van der Waals surface area contributed by atoms with Crippen molar-refractivity contribution in [3.63, 3.8) is 0 Å². The average Bonchev–Trinajstić information content (AvgIpc) is 3.05. The fraction of sp³-hybridized carbons (Fsp3) is 0.133. The number of aliphatic hydroxyl groups is 1. The highest BCUT2D eigenvalue weighted by molar-refractivity contribution is 7.11. The molecule has 3 rings (SSSR count). The van der Waals surface area contributed by atoms with Crippen LogP contribution in [0.25, 0.3) is 16.8 Å². The standard InChI is InChI=1S/C15H15N5O2S/c1-8-2-4-9(5-3-8)10-7-23-14(18-10)12-11(21)6-20(13(12)16)19-15(17)22/h2-5,7,16,21H,6H2,1H3,(H3,17,19,22). The van der Waals surface area contributed by atoms with Gasteiger partial charge in [-0.05, 0) is 6.92 Å². The van der Waals surface area contributed by atoms with Crippen LogP contribution in [-0.2, 0) is 0 Å². The van der Waals surface area contributed by atoms with Gasteiger partial charge in [0.15, 0.2) is 5.84 Å². The first-order valence-electron chi connectivity index (χ1n) is 6.83. The first-order valence-corrected chi connectivity index (χ1v) is 7.71. The summed E-state index contributed by atoms with van der Waals surface area (Å²) in [6, 6.07) is 7.16. The van der Waals surface area contributed by atoms with Crippen LogP contribution in [0, 0.1) is 12.3 Å². The number of amides is 2. The smallest absolute Gasteiger partial charge is 0.331 e. The molecule has 5 N–H and O–H groups in total. The van der Waals surface area contributed by atoms with E-state index in [0.717, 1.165) is 16.8 Å². The van der Waals surface area contributed by atoms with Crippen LogP contribution in [0.5, 0.6) is 0 Å². The van der Waals surface area contributed by atoms with Gasteiger partial charge in [-0.25, -0.2) is 15.2 Å². The molecule has 0 saturated heterocycles. The van der Waals surface area contributed by atoms with E-state index in [9.17, 15) is 9.90 Å². The highest BCUT2D eigenvalue weighted by Crippen LogP contribution is 2.31. The molecule has 23 heavy (non-hydrogen) atoms. The molecule has 0 unspecified atom stereocenters. The average molecular weight is 329 g/mol. The molecule has 1 aliphatic heterocycles. The van der Waals surface area contributed by atoms with Crippen LogP contribution in [0.1, 0.15) is 10.6 Å². The van der Waals surface area contributed by atoms with Gasteiger partial charge in [-0.1, -0.05) is 29.8 Å². The molecule has 1 aromatic heterocycles. The molecule has 0 spiro atoms. The number of aryl methyl sites for hydroxylation is 1. The van der Waals surface area contributed by atoms with Crippen LogP contribution in [0.2, 0.25) is 0 Å². The van der Waals surface area contributed by atoms with Crippen molar-refractivity contribution in [3.8, 4) is 11.3 Å². The van der Waals surface area contributed by atoms with Gasteiger partial charge in [-0.15, -0.1) is 11.3 Å². The molecule has 0 radical (unpaired) electrons. The van der Waals surface area contributed by atoms with Crippen molar-refractivity contribution in [2.45, 2.75) is 6.92 Å². The summed E-state index contributed by atoms with van der Waals surface area (Å²) in [7, 11) is 0. The van der Waals surface area contributed by atoms with Gasteiger partial charge in [-0.2, -0.15) is 0 Å². The zero-order chi connectivity index (χ0) is 16.6. The Kier molecular flexibility index (Phi) is 3.75. The van der Waals surface area contributed by atoms with Crippen molar-refractivity contribution >= 4 is 28.8 Å². The SMILES string of the molecule is Cc1ccc(-c2csc(C3=C(O)CN(NC(N)=O)C3=N)n2)cc1. The molecule has 2 amide bonds. The molecule has 0 fully saturated rings.